The van der Waals surface area contributed by atoms with E-state index in [4.69, 9.17) is 0 Å². The molecule has 0 N–H and O–H groups in total. The number of carbonyl (C=O) groups excluding carboxylic acids is 2. The van der Waals surface area contributed by atoms with Crippen molar-refractivity contribution in [2.24, 2.45) is 0 Å². The zero-order chi connectivity index (χ0) is 15.2. The summed E-state index contributed by atoms with van der Waals surface area (Å²) in [5.74, 6) is -0.105. The van der Waals surface area contributed by atoms with Crippen molar-refractivity contribution in [2.45, 2.75) is 13.8 Å². The van der Waals surface area contributed by atoms with Crippen LogP contribution in [0, 0.1) is 0 Å². The van der Waals surface area contributed by atoms with Crippen LogP contribution < -0.4 is 4.90 Å². The van der Waals surface area contributed by atoms with Crippen molar-refractivity contribution in [1.82, 2.24) is 4.98 Å². The summed E-state index contributed by atoms with van der Waals surface area (Å²) in [5.41, 5.74) is 1.32. The fourth-order valence-corrected chi connectivity index (χ4v) is 2.73. The van der Waals surface area contributed by atoms with Gasteiger partial charge in [0.15, 0.2) is 10.9 Å². The molecule has 0 fully saturated rings. The molecule has 0 radical (unpaired) electrons. The van der Waals surface area contributed by atoms with Gasteiger partial charge < -0.3 is 0 Å². The number of aromatic nitrogens is 1. The maximum absolute atomic E-state index is 11.9. The lowest BCUT2D eigenvalue weighted by atomic mass is 10.1. The van der Waals surface area contributed by atoms with Crippen LogP contribution in [0.5, 0.6) is 0 Å². The number of amides is 1. The summed E-state index contributed by atoms with van der Waals surface area (Å²) in [5, 5.41) is 2.48. The first-order valence-corrected chi connectivity index (χ1v) is 7.51. The molecule has 1 heterocycles. The van der Waals surface area contributed by atoms with Gasteiger partial charge in [-0.15, -0.1) is 11.3 Å². The summed E-state index contributed by atoms with van der Waals surface area (Å²) in [6.45, 7) is 3.99. The van der Waals surface area contributed by atoms with Gasteiger partial charge in [0, 0.05) is 24.4 Å². The molecule has 0 bridgehead atoms. The second kappa shape index (κ2) is 6.95. The van der Waals surface area contributed by atoms with Crippen molar-refractivity contribution in [1.29, 1.82) is 0 Å². The van der Waals surface area contributed by atoms with Gasteiger partial charge in [-0.3, -0.25) is 14.5 Å². The Balaban J connectivity index is 2.10. The standard InChI is InChI=1S/C16H16N2O2S/c1-3-18(12(2)19)16-17-14(11-21-16)9-10-15(20)13-7-5-4-6-8-13/h4-11H,3H2,1-2H3/b10-9+. The predicted octanol–water partition coefficient (Wildman–Crippen LogP) is 3.41. The molecule has 0 atom stereocenters. The molecule has 0 unspecified atom stereocenters. The average molecular weight is 300 g/mol. The third-order valence-electron chi connectivity index (χ3n) is 2.90. The highest BCUT2D eigenvalue weighted by Crippen LogP contribution is 2.21. The molecule has 2 rings (SSSR count). The number of nitrogens with zero attached hydrogens (tertiary/aromatic N) is 2. The van der Waals surface area contributed by atoms with E-state index in [0.29, 0.717) is 22.9 Å². The molecule has 0 saturated heterocycles. The van der Waals surface area contributed by atoms with Crippen LogP contribution in [0.15, 0.2) is 41.8 Å². The number of allylic oxidation sites excluding steroid dienone is 1. The molecular formula is C16H16N2O2S. The van der Waals surface area contributed by atoms with Crippen LogP contribution in [0.3, 0.4) is 0 Å². The van der Waals surface area contributed by atoms with Crippen LogP contribution in [0.1, 0.15) is 29.9 Å². The summed E-state index contributed by atoms with van der Waals surface area (Å²) in [6.07, 6.45) is 3.17. The topological polar surface area (TPSA) is 50.3 Å². The number of thiazole rings is 1. The Hall–Kier alpha value is -2.27. The van der Waals surface area contributed by atoms with Crippen LogP contribution in [0.2, 0.25) is 0 Å². The normalized spacial score (nSPS) is 10.8. The van der Waals surface area contributed by atoms with Crippen molar-refractivity contribution in [3.63, 3.8) is 0 Å². The van der Waals surface area contributed by atoms with E-state index in [1.807, 2.05) is 30.5 Å². The summed E-state index contributed by atoms with van der Waals surface area (Å²) in [4.78, 5) is 29.4. The number of rotatable bonds is 5. The monoisotopic (exact) mass is 300 g/mol. The minimum atomic E-state index is -0.0657. The lowest BCUT2D eigenvalue weighted by Gasteiger charge is -2.14. The van der Waals surface area contributed by atoms with Crippen LogP contribution in [0.4, 0.5) is 5.13 Å². The Morgan fingerprint density at radius 2 is 2.00 bits per heavy atom. The van der Waals surface area contributed by atoms with E-state index in [1.54, 1.807) is 23.1 Å². The Labute approximate surface area is 127 Å². The van der Waals surface area contributed by atoms with Crippen LogP contribution in [-0.2, 0) is 4.79 Å². The third-order valence-corrected chi connectivity index (χ3v) is 3.78. The molecule has 0 aliphatic heterocycles. The first kappa shape index (κ1) is 15.1. The molecule has 5 heteroatoms. The molecule has 1 aromatic heterocycles. The Morgan fingerprint density at radius 3 is 2.62 bits per heavy atom. The van der Waals surface area contributed by atoms with Crippen molar-refractivity contribution >= 4 is 34.2 Å². The Kier molecular flexibility index (Phi) is 5.00. The quantitative estimate of drug-likeness (QED) is 0.628. The number of ketones is 1. The molecule has 2 aromatic rings. The molecule has 1 amide bonds. The smallest absolute Gasteiger partial charge is 0.225 e. The van der Waals surface area contributed by atoms with Gasteiger partial charge >= 0.3 is 0 Å². The summed E-state index contributed by atoms with van der Waals surface area (Å²) >= 11 is 1.39. The zero-order valence-corrected chi connectivity index (χ0v) is 12.8. The number of hydrogen-bond donors (Lipinski definition) is 0. The highest BCUT2D eigenvalue weighted by atomic mass is 32.1. The molecule has 0 saturated carbocycles. The summed E-state index contributed by atoms with van der Waals surface area (Å²) < 4.78 is 0. The zero-order valence-electron chi connectivity index (χ0n) is 11.9. The first-order valence-electron chi connectivity index (χ1n) is 6.63. The van der Waals surface area contributed by atoms with Crippen LogP contribution in [0.25, 0.3) is 6.08 Å². The van der Waals surface area contributed by atoms with Crippen molar-refractivity contribution in [2.75, 3.05) is 11.4 Å². The van der Waals surface area contributed by atoms with Gasteiger partial charge in [0.1, 0.15) is 0 Å². The van der Waals surface area contributed by atoms with E-state index in [2.05, 4.69) is 4.98 Å². The minimum absolute atomic E-state index is 0.0391. The van der Waals surface area contributed by atoms with Crippen LogP contribution in [-0.4, -0.2) is 23.2 Å². The van der Waals surface area contributed by atoms with Gasteiger partial charge in [0.05, 0.1) is 5.69 Å². The molecule has 0 spiro atoms. The summed E-state index contributed by atoms with van der Waals surface area (Å²) in [7, 11) is 0. The number of hydrogen-bond acceptors (Lipinski definition) is 4. The summed E-state index contributed by atoms with van der Waals surface area (Å²) in [6, 6.07) is 9.07. The molecule has 1 aromatic carbocycles. The molecular weight excluding hydrogens is 284 g/mol. The average Bonchev–Trinajstić information content (AvgIpc) is 2.94. The predicted molar refractivity (Wildman–Crippen MR) is 85.6 cm³/mol. The van der Waals surface area contributed by atoms with Gasteiger partial charge in [-0.25, -0.2) is 4.98 Å². The van der Waals surface area contributed by atoms with E-state index in [9.17, 15) is 9.59 Å². The highest BCUT2D eigenvalue weighted by Gasteiger charge is 2.12. The number of benzene rings is 1. The maximum Gasteiger partial charge on any atom is 0.225 e. The van der Waals surface area contributed by atoms with Crippen molar-refractivity contribution in [3.05, 3.63) is 53.0 Å². The second-order valence-corrected chi connectivity index (χ2v) is 5.22. The van der Waals surface area contributed by atoms with Gasteiger partial charge in [-0.1, -0.05) is 30.3 Å². The molecule has 4 nitrogen and oxygen atoms in total. The van der Waals surface area contributed by atoms with Gasteiger partial charge in [-0.05, 0) is 19.1 Å². The van der Waals surface area contributed by atoms with Crippen molar-refractivity contribution in [3.8, 4) is 0 Å². The van der Waals surface area contributed by atoms with Gasteiger partial charge in [0.25, 0.3) is 0 Å². The van der Waals surface area contributed by atoms with Gasteiger partial charge in [0.2, 0.25) is 5.91 Å². The van der Waals surface area contributed by atoms with E-state index in [-0.39, 0.29) is 11.7 Å². The molecule has 0 aliphatic carbocycles. The van der Waals surface area contributed by atoms with E-state index in [1.165, 1.54) is 24.3 Å². The lowest BCUT2D eigenvalue weighted by Crippen LogP contribution is -2.27. The first-order chi connectivity index (χ1) is 10.1. The van der Waals surface area contributed by atoms with E-state index in [0.717, 1.165) is 0 Å². The number of anilines is 1. The van der Waals surface area contributed by atoms with Crippen LogP contribution >= 0.6 is 11.3 Å². The van der Waals surface area contributed by atoms with E-state index < -0.39 is 0 Å². The lowest BCUT2D eigenvalue weighted by molar-refractivity contribution is -0.116. The molecule has 108 valence electrons. The number of carbonyl (C=O) groups is 2. The fourth-order valence-electron chi connectivity index (χ4n) is 1.83. The fraction of sp³-hybridized carbons (Fsp3) is 0.188. The largest absolute Gasteiger partial charge is 0.289 e. The Bertz CT molecular complexity index is 662. The van der Waals surface area contributed by atoms with Crippen molar-refractivity contribution < 1.29 is 9.59 Å². The van der Waals surface area contributed by atoms with Gasteiger partial charge in [-0.2, -0.15) is 0 Å². The molecule has 0 aliphatic rings. The highest BCUT2D eigenvalue weighted by molar-refractivity contribution is 7.14. The third kappa shape index (κ3) is 3.86. The van der Waals surface area contributed by atoms with E-state index >= 15 is 0 Å². The maximum atomic E-state index is 11.9. The molecule has 21 heavy (non-hydrogen) atoms. The Morgan fingerprint density at radius 1 is 1.29 bits per heavy atom. The minimum Gasteiger partial charge on any atom is -0.289 e. The SMILES string of the molecule is CCN(C(C)=O)c1nc(/C=C/C(=O)c2ccccc2)cs1. The second-order valence-electron chi connectivity index (χ2n) is 4.38.